The number of esters is 2. The summed E-state index contributed by atoms with van der Waals surface area (Å²) in [7, 11) is 3.80. The Bertz CT molecular complexity index is 611. The molecule has 2 aliphatic rings. The molecule has 0 aliphatic carbocycles. The molecule has 2 amide bonds. The molecule has 0 aromatic rings. The number of nitrogens with zero attached hydrogens (tertiary/aromatic N) is 1. The molecule has 0 bridgehead atoms. The molecule has 0 aromatic carbocycles. The van der Waals surface area contributed by atoms with Gasteiger partial charge in [0, 0.05) is 13.1 Å². The van der Waals surface area contributed by atoms with Crippen LogP contribution >= 0.6 is 0 Å². The van der Waals surface area contributed by atoms with Crippen molar-refractivity contribution in [1.29, 1.82) is 0 Å². The Morgan fingerprint density at radius 1 is 1.16 bits per heavy atom. The second-order valence-corrected chi connectivity index (χ2v) is 7.97. The summed E-state index contributed by atoms with van der Waals surface area (Å²) in [5, 5.41) is 3.12. The summed E-state index contributed by atoms with van der Waals surface area (Å²) in [5.74, 6) is -3.89. The van der Waals surface area contributed by atoms with Crippen molar-refractivity contribution in [2.45, 2.75) is 45.2 Å². The van der Waals surface area contributed by atoms with E-state index in [1.54, 1.807) is 0 Å². The van der Waals surface area contributed by atoms with Crippen molar-refractivity contribution >= 4 is 23.8 Å². The summed E-state index contributed by atoms with van der Waals surface area (Å²) in [6.45, 7) is 6.02. The standard InChI is InChI=1S/C17H26N2O6/c1-16(2,3)7-9-11-12(14(22)19(4)13(11)21)17(18-9,15(23)25-6)8-10(20)24-5/h9,11-12,18H,7-8H2,1-6H3/t9-,11+,12-,17-/m0/s1. The Morgan fingerprint density at radius 3 is 2.24 bits per heavy atom. The van der Waals surface area contributed by atoms with Crippen LogP contribution in [0.5, 0.6) is 0 Å². The van der Waals surface area contributed by atoms with E-state index in [0.29, 0.717) is 6.42 Å². The van der Waals surface area contributed by atoms with Crippen LogP contribution in [-0.4, -0.2) is 61.5 Å². The van der Waals surface area contributed by atoms with E-state index in [0.717, 1.165) is 4.90 Å². The van der Waals surface area contributed by atoms with Gasteiger partial charge in [0.05, 0.1) is 32.5 Å². The van der Waals surface area contributed by atoms with Gasteiger partial charge in [0.2, 0.25) is 11.8 Å². The summed E-state index contributed by atoms with van der Waals surface area (Å²) < 4.78 is 9.61. The van der Waals surface area contributed by atoms with Crippen molar-refractivity contribution in [3.8, 4) is 0 Å². The largest absolute Gasteiger partial charge is 0.469 e. The van der Waals surface area contributed by atoms with Crippen molar-refractivity contribution in [1.82, 2.24) is 10.2 Å². The normalized spacial score (nSPS) is 31.9. The Kier molecular flexibility index (Phi) is 4.96. The van der Waals surface area contributed by atoms with E-state index < -0.39 is 41.3 Å². The third-order valence-corrected chi connectivity index (χ3v) is 5.01. The van der Waals surface area contributed by atoms with Crippen LogP contribution in [-0.2, 0) is 28.7 Å². The highest BCUT2D eigenvalue weighted by atomic mass is 16.5. The second-order valence-electron chi connectivity index (χ2n) is 7.97. The molecule has 2 heterocycles. The molecule has 140 valence electrons. The lowest BCUT2D eigenvalue weighted by Crippen LogP contribution is -2.58. The number of ether oxygens (including phenoxy) is 2. The molecule has 25 heavy (non-hydrogen) atoms. The predicted octanol–water partition coefficient (Wildman–Crippen LogP) is 0.100. The first kappa shape index (κ1) is 19.4. The fourth-order valence-corrected chi connectivity index (χ4v) is 4.01. The molecule has 8 nitrogen and oxygen atoms in total. The minimum atomic E-state index is -1.60. The topological polar surface area (TPSA) is 102 Å². The third-order valence-electron chi connectivity index (χ3n) is 5.01. The van der Waals surface area contributed by atoms with E-state index in [1.807, 2.05) is 20.8 Å². The molecular formula is C17H26N2O6. The van der Waals surface area contributed by atoms with Gasteiger partial charge in [-0.05, 0) is 11.8 Å². The number of imide groups is 1. The number of methoxy groups -OCH3 is 2. The van der Waals surface area contributed by atoms with Crippen LogP contribution in [0.1, 0.15) is 33.6 Å². The monoisotopic (exact) mass is 354 g/mol. The van der Waals surface area contributed by atoms with Gasteiger partial charge in [-0.25, -0.2) is 0 Å². The Labute approximate surface area is 147 Å². The molecule has 0 spiro atoms. The molecule has 2 saturated heterocycles. The fraction of sp³-hybridized carbons (Fsp3) is 0.765. The van der Waals surface area contributed by atoms with Gasteiger partial charge in [-0.3, -0.25) is 29.4 Å². The number of fused-ring (bicyclic) bond motifs is 1. The maximum absolute atomic E-state index is 12.7. The van der Waals surface area contributed by atoms with Crippen molar-refractivity contribution in [3.63, 3.8) is 0 Å². The zero-order valence-corrected chi connectivity index (χ0v) is 15.5. The number of hydrogen-bond acceptors (Lipinski definition) is 7. The highest BCUT2D eigenvalue weighted by Crippen LogP contribution is 2.47. The van der Waals surface area contributed by atoms with Gasteiger partial charge in [-0.15, -0.1) is 0 Å². The summed E-state index contributed by atoms with van der Waals surface area (Å²) >= 11 is 0. The van der Waals surface area contributed by atoms with E-state index in [-0.39, 0.29) is 17.7 Å². The number of nitrogens with one attached hydrogen (secondary N) is 1. The first-order valence-electron chi connectivity index (χ1n) is 8.23. The molecular weight excluding hydrogens is 328 g/mol. The predicted molar refractivity (Wildman–Crippen MR) is 87.1 cm³/mol. The zero-order chi connectivity index (χ0) is 19.2. The fourth-order valence-electron chi connectivity index (χ4n) is 4.01. The van der Waals surface area contributed by atoms with Gasteiger partial charge in [0.1, 0.15) is 5.54 Å². The summed E-state index contributed by atoms with van der Waals surface area (Å²) in [6.07, 6.45) is 0.186. The molecule has 0 aromatic heterocycles. The number of rotatable bonds is 4. The number of likely N-dealkylation sites (tertiary alicyclic amines) is 1. The van der Waals surface area contributed by atoms with E-state index in [1.165, 1.54) is 21.3 Å². The summed E-state index contributed by atoms with van der Waals surface area (Å²) in [5.41, 5.74) is -1.75. The first-order valence-corrected chi connectivity index (χ1v) is 8.23. The Balaban J connectivity index is 2.54. The molecule has 4 atom stereocenters. The van der Waals surface area contributed by atoms with E-state index in [9.17, 15) is 19.2 Å². The van der Waals surface area contributed by atoms with Crippen LogP contribution in [0, 0.1) is 17.3 Å². The van der Waals surface area contributed by atoms with Crippen LogP contribution in [0.25, 0.3) is 0 Å². The first-order chi connectivity index (χ1) is 11.5. The highest BCUT2D eigenvalue weighted by Gasteiger charge is 2.68. The SMILES string of the molecule is COC(=O)C[C@]1(C(=O)OC)N[C@@H](CC(C)(C)C)[C@H]2C(=O)N(C)C(=O)[C@H]21. The summed E-state index contributed by atoms with van der Waals surface area (Å²) in [6, 6.07) is -0.421. The average molecular weight is 354 g/mol. The lowest BCUT2D eigenvalue weighted by Gasteiger charge is -2.32. The second kappa shape index (κ2) is 6.40. The van der Waals surface area contributed by atoms with Gasteiger partial charge in [-0.1, -0.05) is 20.8 Å². The molecule has 8 heteroatoms. The van der Waals surface area contributed by atoms with Crippen LogP contribution in [0.4, 0.5) is 0 Å². The maximum Gasteiger partial charge on any atom is 0.327 e. The molecule has 0 radical (unpaired) electrons. The van der Waals surface area contributed by atoms with E-state index in [2.05, 4.69) is 5.32 Å². The molecule has 1 N–H and O–H groups in total. The van der Waals surface area contributed by atoms with Crippen LogP contribution in [0.3, 0.4) is 0 Å². The maximum atomic E-state index is 12.7. The number of carbonyl (C=O) groups is 4. The zero-order valence-electron chi connectivity index (χ0n) is 15.5. The molecule has 2 aliphatic heterocycles. The number of carbonyl (C=O) groups excluding carboxylic acids is 4. The lowest BCUT2D eigenvalue weighted by atomic mass is 9.76. The van der Waals surface area contributed by atoms with E-state index >= 15 is 0 Å². The molecule has 2 fully saturated rings. The van der Waals surface area contributed by atoms with E-state index in [4.69, 9.17) is 9.47 Å². The smallest absolute Gasteiger partial charge is 0.327 e. The third kappa shape index (κ3) is 3.15. The minimum absolute atomic E-state index is 0.149. The van der Waals surface area contributed by atoms with Crippen molar-refractivity contribution < 1.29 is 28.7 Å². The molecule has 2 rings (SSSR count). The lowest BCUT2D eigenvalue weighted by molar-refractivity contribution is -0.159. The minimum Gasteiger partial charge on any atom is -0.469 e. The van der Waals surface area contributed by atoms with Gasteiger partial charge in [-0.2, -0.15) is 0 Å². The highest BCUT2D eigenvalue weighted by molar-refractivity contribution is 6.10. The number of amides is 2. The van der Waals surface area contributed by atoms with Gasteiger partial charge in [0.25, 0.3) is 0 Å². The number of hydrogen-bond donors (Lipinski definition) is 1. The molecule has 0 saturated carbocycles. The summed E-state index contributed by atoms with van der Waals surface area (Å²) in [4.78, 5) is 51.0. The van der Waals surface area contributed by atoms with Crippen LogP contribution in [0.2, 0.25) is 0 Å². The quantitative estimate of drug-likeness (QED) is 0.564. The Morgan fingerprint density at radius 2 is 1.76 bits per heavy atom. The van der Waals surface area contributed by atoms with Gasteiger partial charge in [0.15, 0.2) is 0 Å². The average Bonchev–Trinajstić information content (AvgIpc) is 2.95. The van der Waals surface area contributed by atoms with Crippen molar-refractivity contribution in [3.05, 3.63) is 0 Å². The molecule has 0 unspecified atom stereocenters. The van der Waals surface area contributed by atoms with Crippen molar-refractivity contribution in [2.75, 3.05) is 21.3 Å². The van der Waals surface area contributed by atoms with Gasteiger partial charge < -0.3 is 9.47 Å². The van der Waals surface area contributed by atoms with Crippen LogP contribution in [0.15, 0.2) is 0 Å². The van der Waals surface area contributed by atoms with Crippen molar-refractivity contribution in [2.24, 2.45) is 17.3 Å². The van der Waals surface area contributed by atoms with Gasteiger partial charge >= 0.3 is 11.9 Å². The Hall–Kier alpha value is -1.96. The van der Waals surface area contributed by atoms with Crippen LogP contribution < -0.4 is 5.32 Å².